The van der Waals surface area contributed by atoms with Crippen LogP contribution in [-0.4, -0.2) is 25.2 Å². The van der Waals surface area contributed by atoms with E-state index in [0.29, 0.717) is 18.8 Å². The van der Waals surface area contributed by atoms with Crippen molar-refractivity contribution in [3.8, 4) is 0 Å². The molecule has 0 unspecified atom stereocenters. The second-order valence-electron chi connectivity index (χ2n) is 5.70. The number of benzene rings is 1. The van der Waals surface area contributed by atoms with Gasteiger partial charge in [0, 0.05) is 24.6 Å². The standard InChI is InChI=1S/C18H21N5O/c1-4-23-17(11-13(2)21-23)18(24)20-16-8-6-5-7-15(16)12-22-10-9-19-14(22)3/h5-11H,4,12H2,1-3H3,(H,20,24). The predicted molar refractivity (Wildman–Crippen MR) is 93.1 cm³/mol. The fraction of sp³-hybridized carbons (Fsp3) is 0.278. The van der Waals surface area contributed by atoms with Crippen molar-refractivity contribution in [2.24, 2.45) is 0 Å². The summed E-state index contributed by atoms with van der Waals surface area (Å²) in [7, 11) is 0. The summed E-state index contributed by atoms with van der Waals surface area (Å²) in [6.07, 6.45) is 3.71. The van der Waals surface area contributed by atoms with Gasteiger partial charge in [0.1, 0.15) is 11.5 Å². The molecule has 0 spiro atoms. The van der Waals surface area contributed by atoms with Gasteiger partial charge in [-0.15, -0.1) is 0 Å². The lowest BCUT2D eigenvalue weighted by Crippen LogP contribution is -2.18. The lowest BCUT2D eigenvalue weighted by Gasteiger charge is -2.13. The maximum Gasteiger partial charge on any atom is 0.273 e. The van der Waals surface area contributed by atoms with Crippen LogP contribution in [0.3, 0.4) is 0 Å². The van der Waals surface area contributed by atoms with Crippen LogP contribution < -0.4 is 5.32 Å². The Labute approximate surface area is 141 Å². The minimum absolute atomic E-state index is 0.146. The maximum atomic E-state index is 12.6. The highest BCUT2D eigenvalue weighted by atomic mass is 16.2. The number of aryl methyl sites for hydroxylation is 3. The minimum atomic E-state index is -0.146. The Morgan fingerprint density at radius 1 is 1.25 bits per heavy atom. The number of hydrogen-bond acceptors (Lipinski definition) is 3. The molecule has 0 bridgehead atoms. The average Bonchev–Trinajstić information content (AvgIpc) is 3.15. The molecule has 0 saturated heterocycles. The van der Waals surface area contributed by atoms with Crippen LogP contribution in [0.4, 0.5) is 5.69 Å². The van der Waals surface area contributed by atoms with E-state index in [1.807, 2.05) is 61.9 Å². The van der Waals surface area contributed by atoms with Crippen LogP contribution in [0, 0.1) is 13.8 Å². The number of carbonyl (C=O) groups excluding carboxylic acids is 1. The summed E-state index contributed by atoms with van der Waals surface area (Å²) in [6, 6.07) is 9.62. The summed E-state index contributed by atoms with van der Waals surface area (Å²) in [5.41, 5.74) is 3.25. The monoisotopic (exact) mass is 323 g/mol. The van der Waals surface area contributed by atoms with E-state index in [0.717, 1.165) is 22.8 Å². The summed E-state index contributed by atoms with van der Waals surface area (Å²) >= 11 is 0. The first-order valence-electron chi connectivity index (χ1n) is 8.00. The SMILES string of the molecule is CCn1nc(C)cc1C(=O)Nc1ccccc1Cn1ccnc1C. The van der Waals surface area contributed by atoms with Crippen molar-refractivity contribution < 1.29 is 4.79 Å². The molecule has 3 aromatic rings. The van der Waals surface area contributed by atoms with Crippen LogP contribution in [0.1, 0.15) is 34.5 Å². The van der Waals surface area contributed by atoms with E-state index in [9.17, 15) is 4.79 Å². The number of para-hydroxylation sites is 1. The Hall–Kier alpha value is -2.89. The van der Waals surface area contributed by atoms with Crippen molar-refractivity contribution in [1.82, 2.24) is 19.3 Å². The second-order valence-corrected chi connectivity index (χ2v) is 5.70. The van der Waals surface area contributed by atoms with E-state index in [1.54, 1.807) is 10.9 Å². The van der Waals surface area contributed by atoms with Crippen LogP contribution in [0.15, 0.2) is 42.7 Å². The highest BCUT2D eigenvalue weighted by molar-refractivity contribution is 6.03. The van der Waals surface area contributed by atoms with Gasteiger partial charge in [0.25, 0.3) is 5.91 Å². The zero-order valence-corrected chi connectivity index (χ0v) is 14.2. The van der Waals surface area contributed by atoms with Crippen LogP contribution in [0.5, 0.6) is 0 Å². The van der Waals surface area contributed by atoms with Gasteiger partial charge in [0.2, 0.25) is 0 Å². The Bertz CT molecular complexity index is 862. The summed E-state index contributed by atoms with van der Waals surface area (Å²) < 4.78 is 3.76. The zero-order chi connectivity index (χ0) is 17.1. The van der Waals surface area contributed by atoms with E-state index in [4.69, 9.17) is 0 Å². The molecule has 0 aliphatic heterocycles. The lowest BCUT2D eigenvalue weighted by atomic mass is 10.1. The third-order valence-electron chi connectivity index (χ3n) is 3.96. The topological polar surface area (TPSA) is 64.7 Å². The van der Waals surface area contributed by atoms with Crippen molar-refractivity contribution in [2.75, 3.05) is 5.32 Å². The van der Waals surface area contributed by atoms with Crippen LogP contribution in [0.2, 0.25) is 0 Å². The number of nitrogens with zero attached hydrogens (tertiary/aromatic N) is 4. The molecular formula is C18H21N5O. The Morgan fingerprint density at radius 2 is 2.04 bits per heavy atom. The van der Waals surface area contributed by atoms with Crippen molar-refractivity contribution in [3.63, 3.8) is 0 Å². The number of imidazole rings is 1. The number of anilines is 1. The smallest absolute Gasteiger partial charge is 0.273 e. The number of nitrogens with one attached hydrogen (secondary N) is 1. The van der Waals surface area contributed by atoms with Gasteiger partial charge in [0.15, 0.2) is 0 Å². The molecule has 24 heavy (non-hydrogen) atoms. The van der Waals surface area contributed by atoms with Gasteiger partial charge in [-0.2, -0.15) is 5.10 Å². The fourth-order valence-corrected chi connectivity index (χ4v) is 2.69. The predicted octanol–water partition coefficient (Wildman–Crippen LogP) is 3.02. The van der Waals surface area contributed by atoms with Crippen molar-refractivity contribution >= 4 is 11.6 Å². The highest BCUT2D eigenvalue weighted by Crippen LogP contribution is 2.18. The number of amides is 1. The minimum Gasteiger partial charge on any atom is -0.331 e. The molecule has 6 heteroatoms. The van der Waals surface area contributed by atoms with Gasteiger partial charge >= 0.3 is 0 Å². The molecule has 1 N–H and O–H groups in total. The Kier molecular flexibility index (Phi) is 4.46. The van der Waals surface area contributed by atoms with Gasteiger partial charge in [-0.1, -0.05) is 18.2 Å². The van der Waals surface area contributed by atoms with E-state index >= 15 is 0 Å². The molecule has 0 aliphatic rings. The highest BCUT2D eigenvalue weighted by Gasteiger charge is 2.15. The number of rotatable bonds is 5. The summed E-state index contributed by atoms with van der Waals surface area (Å²) in [6.45, 7) is 7.14. The molecule has 1 aromatic carbocycles. The molecular weight excluding hydrogens is 302 g/mol. The molecule has 1 amide bonds. The van der Waals surface area contributed by atoms with Crippen LogP contribution in [-0.2, 0) is 13.1 Å². The van der Waals surface area contributed by atoms with E-state index in [2.05, 4.69) is 15.4 Å². The number of carbonyl (C=O) groups is 1. The van der Waals surface area contributed by atoms with Crippen molar-refractivity contribution in [1.29, 1.82) is 0 Å². The van der Waals surface area contributed by atoms with Gasteiger partial charge < -0.3 is 9.88 Å². The van der Waals surface area contributed by atoms with Crippen molar-refractivity contribution in [2.45, 2.75) is 33.9 Å². The summed E-state index contributed by atoms with van der Waals surface area (Å²) in [5, 5.41) is 7.34. The molecule has 2 heterocycles. The first kappa shape index (κ1) is 16.0. The fourth-order valence-electron chi connectivity index (χ4n) is 2.69. The maximum absolute atomic E-state index is 12.6. The molecule has 0 saturated carbocycles. The Balaban J connectivity index is 1.85. The van der Waals surface area contributed by atoms with E-state index in [-0.39, 0.29) is 5.91 Å². The van der Waals surface area contributed by atoms with Gasteiger partial charge in [-0.25, -0.2) is 4.98 Å². The molecule has 0 radical (unpaired) electrons. The van der Waals surface area contributed by atoms with E-state index in [1.165, 1.54) is 0 Å². The van der Waals surface area contributed by atoms with Gasteiger partial charge in [-0.05, 0) is 38.5 Å². The number of aromatic nitrogens is 4. The molecule has 0 aliphatic carbocycles. The third-order valence-corrected chi connectivity index (χ3v) is 3.96. The third kappa shape index (κ3) is 3.22. The van der Waals surface area contributed by atoms with Gasteiger partial charge in [0.05, 0.1) is 12.2 Å². The Morgan fingerprint density at radius 3 is 2.75 bits per heavy atom. The molecule has 2 aromatic heterocycles. The molecule has 0 atom stereocenters. The van der Waals surface area contributed by atoms with Crippen LogP contribution in [0.25, 0.3) is 0 Å². The molecule has 124 valence electrons. The average molecular weight is 323 g/mol. The normalized spacial score (nSPS) is 10.8. The number of hydrogen-bond donors (Lipinski definition) is 1. The zero-order valence-electron chi connectivity index (χ0n) is 14.2. The largest absolute Gasteiger partial charge is 0.331 e. The summed E-state index contributed by atoms with van der Waals surface area (Å²) in [5.74, 6) is 0.795. The molecule has 0 fully saturated rings. The first-order valence-corrected chi connectivity index (χ1v) is 8.00. The quantitative estimate of drug-likeness (QED) is 0.785. The second kappa shape index (κ2) is 6.70. The summed E-state index contributed by atoms with van der Waals surface area (Å²) in [4.78, 5) is 16.9. The van der Waals surface area contributed by atoms with Crippen molar-refractivity contribution in [3.05, 3.63) is 65.5 Å². The van der Waals surface area contributed by atoms with Gasteiger partial charge in [-0.3, -0.25) is 9.48 Å². The lowest BCUT2D eigenvalue weighted by molar-refractivity contribution is 0.101. The first-order chi connectivity index (χ1) is 11.6. The molecule has 3 rings (SSSR count). The van der Waals surface area contributed by atoms with Crippen LogP contribution >= 0.6 is 0 Å². The van der Waals surface area contributed by atoms with E-state index < -0.39 is 0 Å². The molecule has 6 nitrogen and oxygen atoms in total.